The number of allylic oxidation sites excluding steroid dienone is 2. The Morgan fingerprint density at radius 1 is 1.02 bits per heavy atom. The van der Waals surface area contributed by atoms with E-state index in [2.05, 4.69) is 53.4 Å². The van der Waals surface area contributed by atoms with Crippen LogP contribution in [0, 0.1) is 53.8 Å². The van der Waals surface area contributed by atoms with E-state index in [1.807, 2.05) is 13.8 Å². The standard InChI is InChI=1S/C32H51IO5.2C2H2/c1-20-31-11-9-26(38-27-19-35-15-16-36-27)29(4,5)24(31)10-14-33-25-17-23-22(30(25,6)12-13-32(20,31)33)8-7-21(37-23)18-28(2,3)34;2*1-2/h20-21,24-27,34H,7-19H2,1-6H3;2*1-2H/t20-,21-,24?,25?,26+,27?,30-,31?,32-;;/m1../s1. The molecule has 42 heavy (non-hydrogen) atoms. The molecule has 4 aliphatic heterocycles. The number of halogens is 1. The summed E-state index contributed by atoms with van der Waals surface area (Å²) in [6.07, 6.45) is 27.3. The second-order valence-corrected chi connectivity index (χ2v) is 22.0. The number of hydrogen-bond donors (Lipinski definition) is 1. The Morgan fingerprint density at radius 2 is 1.76 bits per heavy atom. The van der Waals surface area contributed by atoms with E-state index >= 15 is 0 Å². The van der Waals surface area contributed by atoms with Gasteiger partial charge in [-0.25, -0.2) is 0 Å². The summed E-state index contributed by atoms with van der Waals surface area (Å²) in [5.74, 6) is 3.01. The molecule has 0 amide bonds. The summed E-state index contributed by atoms with van der Waals surface area (Å²) in [7, 11) is 0. The van der Waals surface area contributed by atoms with E-state index in [9.17, 15) is 5.11 Å². The third-order valence-electron chi connectivity index (χ3n) is 12.6. The van der Waals surface area contributed by atoms with Crippen LogP contribution in [-0.4, -0.2) is 60.8 Å². The monoisotopic (exact) mass is 694 g/mol. The molecule has 5 nitrogen and oxygen atoms in total. The van der Waals surface area contributed by atoms with Crippen LogP contribution >= 0.6 is 19.8 Å². The van der Waals surface area contributed by atoms with Gasteiger partial charge in [0.25, 0.3) is 0 Å². The Balaban J connectivity index is 0.000000847. The SMILES string of the molecule is C#C.C#C.C[C@@H]1C23CC[C@H](OC4COCCO4)C(C)(C)C2CCI2C4CC5=C(CC[C@H](CC(C)(C)O)O5)[C@@]4(C)CC[C@]123. The first-order chi connectivity index (χ1) is 19.9. The molecule has 3 saturated heterocycles. The van der Waals surface area contributed by atoms with Crippen molar-refractivity contribution in [3.8, 4) is 25.7 Å². The van der Waals surface area contributed by atoms with Crippen LogP contribution in [-0.2, 0) is 18.9 Å². The van der Waals surface area contributed by atoms with Gasteiger partial charge in [-0.1, -0.05) is 0 Å². The summed E-state index contributed by atoms with van der Waals surface area (Å²) >= 11 is -1.26. The zero-order valence-corrected chi connectivity index (χ0v) is 29.1. The van der Waals surface area contributed by atoms with E-state index in [1.54, 1.807) is 5.57 Å². The van der Waals surface area contributed by atoms with Crippen molar-refractivity contribution in [3.05, 3.63) is 11.3 Å². The first-order valence-electron chi connectivity index (χ1n) is 16.2. The van der Waals surface area contributed by atoms with Crippen molar-refractivity contribution in [2.45, 2.75) is 131 Å². The van der Waals surface area contributed by atoms with E-state index in [0.717, 1.165) is 28.6 Å². The molecule has 6 heteroatoms. The summed E-state index contributed by atoms with van der Waals surface area (Å²) in [6, 6.07) is 0. The molecule has 236 valence electrons. The normalized spacial score (nSPS) is 45.5. The fourth-order valence-corrected chi connectivity index (χ4v) is 23.5. The van der Waals surface area contributed by atoms with Crippen LogP contribution in [0.25, 0.3) is 0 Å². The third-order valence-corrected chi connectivity index (χ3v) is 23.0. The van der Waals surface area contributed by atoms with E-state index < -0.39 is 25.4 Å². The molecule has 3 aliphatic carbocycles. The van der Waals surface area contributed by atoms with Crippen LogP contribution in [0.2, 0.25) is 0 Å². The van der Waals surface area contributed by atoms with Crippen molar-refractivity contribution in [1.29, 1.82) is 0 Å². The van der Waals surface area contributed by atoms with Crippen molar-refractivity contribution in [3.63, 3.8) is 0 Å². The fraction of sp³-hybridized carbons (Fsp3) is 0.833. The Labute approximate surface area is 263 Å². The number of terminal acetylenes is 2. The van der Waals surface area contributed by atoms with E-state index in [-0.39, 0.29) is 23.9 Å². The molecule has 4 unspecified atom stereocenters. The van der Waals surface area contributed by atoms with Gasteiger partial charge in [-0.05, 0) is 0 Å². The van der Waals surface area contributed by atoms with Crippen molar-refractivity contribution in [1.82, 2.24) is 0 Å². The minimum absolute atomic E-state index is 0.181. The number of fused-ring (bicyclic) bond motifs is 3. The Kier molecular flexibility index (Phi) is 8.97. The van der Waals surface area contributed by atoms with E-state index in [1.165, 1.54) is 55.1 Å². The molecule has 0 aromatic heterocycles. The molecule has 0 radical (unpaired) electrons. The van der Waals surface area contributed by atoms with Crippen LogP contribution in [0.3, 0.4) is 0 Å². The summed E-state index contributed by atoms with van der Waals surface area (Å²) in [5, 5.41) is 10.4. The number of alkyl halides is 3. The van der Waals surface area contributed by atoms with Crippen molar-refractivity contribution in [2.24, 2.45) is 28.1 Å². The van der Waals surface area contributed by atoms with Crippen LogP contribution in [0.5, 0.6) is 0 Å². The zero-order valence-electron chi connectivity index (χ0n) is 26.9. The average Bonchev–Trinajstić information content (AvgIpc) is 3.34. The van der Waals surface area contributed by atoms with E-state index in [0.29, 0.717) is 34.1 Å². The van der Waals surface area contributed by atoms with Gasteiger partial charge < -0.3 is 0 Å². The molecule has 7 aliphatic rings. The van der Waals surface area contributed by atoms with E-state index in [4.69, 9.17) is 18.9 Å². The van der Waals surface area contributed by atoms with Crippen molar-refractivity contribution in [2.75, 3.05) is 24.2 Å². The second-order valence-electron chi connectivity index (χ2n) is 15.2. The number of ether oxygens (including phenoxy) is 4. The van der Waals surface area contributed by atoms with Gasteiger partial charge in [-0.2, -0.15) is 0 Å². The van der Waals surface area contributed by atoms with Gasteiger partial charge in [0.15, 0.2) is 0 Å². The number of aliphatic hydroxyl groups is 1. The summed E-state index contributed by atoms with van der Waals surface area (Å²) in [6.45, 7) is 16.1. The van der Waals surface area contributed by atoms with Gasteiger partial charge in [-0.15, -0.1) is 25.7 Å². The molecule has 1 N–H and O–H groups in total. The van der Waals surface area contributed by atoms with Crippen LogP contribution in [0.15, 0.2) is 11.3 Å². The molecule has 5 fully saturated rings. The molecule has 7 rings (SSSR count). The van der Waals surface area contributed by atoms with Crippen molar-refractivity contribution >= 4 is 19.8 Å². The third kappa shape index (κ3) is 4.72. The van der Waals surface area contributed by atoms with Gasteiger partial charge >= 0.3 is 238 Å². The molecule has 0 bridgehead atoms. The maximum atomic E-state index is 10.4. The predicted molar refractivity (Wildman–Crippen MR) is 177 cm³/mol. The molecule has 0 aromatic rings. The minimum atomic E-state index is -1.26. The number of rotatable bonds is 4. The molecular formula is C36H55IO5. The quantitative estimate of drug-likeness (QED) is 0.193. The Bertz CT molecular complexity index is 1080. The fourth-order valence-electron chi connectivity index (χ4n) is 10.9. The first-order valence-corrected chi connectivity index (χ1v) is 20.1. The number of hydrogen-bond acceptors (Lipinski definition) is 5. The van der Waals surface area contributed by atoms with Gasteiger partial charge in [0, 0.05) is 0 Å². The van der Waals surface area contributed by atoms with Gasteiger partial charge in [0.1, 0.15) is 0 Å². The van der Waals surface area contributed by atoms with Gasteiger partial charge in [0.05, 0.1) is 0 Å². The molecule has 2 saturated carbocycles. The average molecular weight is 695 g/mol. The predicted octanol–water partition coefficient (Wildman–Crippen LogP) is 7.13. The van der Waals surface area contributed by atoms with Crippen LogP contribution < -0.4 is 0 Å². The topological polar surface area (TPSA) is 57.2 Å². The van der Waals surface area contributed by atoms with Crippen LogP contribution in [0.1, 0.15) is 99.3 Å². The molecule has 9 atom stereocenters. The Morgan fingerprint density at radius 3 is 2.43 bits per heavy atom. The maximum absolute atomic E-state index is 10.4. The molecule has 2 spiro atoms. The van der Waals surface area contributed by atoms with Crippen molar-refractivity contribution < 1.29 is 24.1 Å². The second kappa shape index (κ2) is 11.5. The van der Waals surface area contributed by atoms with Gasteiger partial charge in [0.2, 0.25) is 0 Å². The summed E-state index contributed by atoms with van der Waals surface area (Å²) in [4.78, 5) is 0. The molecule has 4 heterocycles. The first kappa shape index (κ1) is 32.6. The summed E-state index contributed by atoms with van der Waals surface area (Å²) < 4.78 is 28.0. The Hall–Kier alpha value is -0.770. The molecule has 0 aromatic carbocycles. The zero-order chi connectivity index (χ0) is 30.7. The molecular weight excluding hydrogens is 639 g/mol. The summed E-state index contributed by atoms with van der Waals surface area (Å²) in [5.41, 5.74) is 2.16. The van der Waals surface area contributed by atoms with Gasteiger partial charge in [-0.3, -0.25) is 0 Å². The van der Waals surface area contributed by atoms with Crippen LogP contribution in [0.4, 0.5) is 0 Å².